The van der Waals surface area contributed by atoms with Crippen LogP contribution in [0.3, 0.4) is 0 Å². The predicted molar refractivity (Wildman–Crippen MR) is 116 cm³/mol. The molecule has 0 aliphatic carbocycles. The topological polar surface area (TPSA) is 76.9 Å². The number of nitrogens with zero attached hydrogens (tertiary/aromatic N) is 3. The van der Waals surface area contributed by atoms with Crippen molar-refractivity contribution in [3.05, 3.63) is 106 Å². The minimum atomic E-state index is -0.445. The van der Waals surface area contributed by atoms with Gasteiger partial charge in [0.1, 0.15) is 0 Å². The van der Waals surface area contributed by atoms with Crippen molar-refractivity contribution in [1.82, 2.24) is 20.1 Å². The van der Waals surface area contributed by atoms with Crippen molar-refractivity contribution < 1.29 is 4.79 Å². The number of rotatable bonds is 5. The second-order valence-electron chi connectivity index (χ2n) is 7.31. The Balaban J connectivity index is 1.81. The molecule has 4 aromatic rings. The van der Waals surface area contributed by atoms with E-state index in [1.165, 1.54) is 4.68 Å². The first-order valence-corrected chi connectivity index (χ1v) is 9.84. The van der Waals surface area contributed by atoms with Gasteiger partial charge in [0.2, 0.25) is 0 Å². The third-order valence-electron chi connectivity index (χ3n) is 4.92. The van der Waals surface area contributed by atoms with Crippen molar-refractivity contribution in [2.45, 2.75) is 25.9 Å². The number of hydrogen-bond donors (Lipinski definition) is 1. The lowest BCUT2D eigenvalue weighted by Crippen LogP contribution is -2.34. The molecule has 4 rings (SSSR count). The van der Waals surface area contributed by atoms with Crippen LogP contribution in [0.25, 0.3) is 10.8 Å². The first kappa shape index (κ1) is 19.5. The summed E-state index contributed by atoms with van der Waals surface area (Å²) in [4.78, 5) is 30.6. The Morgan fingerprint density at radius 3 is 2.23 bits per heavy atom. The Labute approximate surface area is 174 Å². The number of nitrogens with one attached hydrogen (secondary N) is 1. The van der Waals surface area contributed by atoms with Gasteiger partial charge < -0.3 is 5.32 Å². The van der Waals surface area contributed by atoms with E-state index in [1.54, 1.807) is 30.5 Å². The highest BCUT2D eigenvalue weighted by molar-refractivity contribution is 6.05. The van der Waals surface area contributed by atoms with Gasteiger partial charge in [-0.15, -0.1) is 0 Å². The standard InChI is InChI=1S/C24H22N4O2/c1-16(2)28-24(30)19-13-7-6-12-18(19)22(27-28)23(29)26-21(17-10-4-3-5-11-17)20-14-8-9-15-25-20/h3-16,21H,1-2H3,(H,26,29). The van der Waals surface area contributed by atoms with E-state index < -0.39 is 6.04 Å². The number of hydrogen-bond acceptors (Lipinski definition) is 4. The molecule has 30 heavy (non-hydrogen) atoms. The van der Waals surface area contributed by atoms with E-state index in [4.69, 9.17) is 0 Å². The molecule has 2 heterocycles. The molecule has 6 heteroatoms. The third-order valence-corrected chi connectivity index (χ3v) is 4.92. The fourth-order valence-electron chi connectivity index (χ4n) is 3.44. The zero-order valence-electron chi connectivity index (χ0n) is 16.8. The molecule has 0 saturated heterocycles. The van der Waals surface area contributed by atoms with Gasteiger partial charge in [-0.05, 0) is 37.6 Å². The smallest absolute Gasteiger partial charge is 0.274 e. The zero-order chi connectivity index (χ0) is 21.1. The molecule has 2 aromatic carbocycles. The Bertz CT molecular complexity index is 1200. The number of fused-ring (bicyclic) bond motifs is 1. The van der Waals surface area contributed by atoms with Crippen LogP contribution < -0.4 is 10.9 Å². The van der Waals surface area contributed by atoms with E-state index in [9.17, 15) is 9.59 Å². The van der Waals surface area contributed by atoms with Crippen LogP contribution >= 0.6 is 0 Å². The second kappa shape index (κ2) is 8.29. The molecular weight excluding hydrogens is 376 g/mol. The molecule has 6 nitrogen and oxygen atoms in total. The largest absolute Gasteiger partial charge is 0.338 e. The van der Waals surface area contributed by atoms with E-state index >= 15 is 0 Å². The number of aromatic nitrogens is 3. The lowest BCUT2D eigenvalue weighted by atomic mass is 10.0. The molecule has 2 aromatic heterocycles. The summed E-state index contributed by atoms with van der Waals surface area (Å²) in [5, 5.41) is 8.48. The first-order valence-electron chi connectivity index (χ1n) is 9.84. The summed E-state index contributed by atoms with van der Waals surface area (Å²) in [5.74, 6) is -0.361. The maximum Gasteiger partial charge on any atom is 0.274 e. The number of benzene rings is 2. The highest BCUT2D eigenvalue weighted by Gasteiger charge is 2.23. The molecule has 1 unspecified atom stereocenters. The molecule has 1 atom stereocenters. The Kier molecular flexibility index (Phi) is 5.39. The second-order valence-corrected chi connectivity index (χ2v) is 7.31. The molecule has 0 spiro atoms. The highest BCUT2D eigenvalue weighted by atomic mass is 16.2. The van der Waals surface area contributed by atoms with Crippen molar-refractivity contribution in [2.24, 2.45) is 0 Å². The third kappa shape index (κ3) is 3.72. The molecule has 0 radical (unpaired) electrons. The highest BCUT2D eigenvalue weighted by Crippen LogP contribution is 2.22. The Morgan fingerprint density at radius 2 is 1.57 bits per heavy atom. The summed E-state index contributed by atoms with van der Waals surface area (Å²) in [6.07, 6.45) is 1.70. The normalized spacial score (nSPS) is 12.1. The lowest BCUT2D eigenvalue weighted by molar-refractivity contribution is 0.0936. The molecule has 1 N–H and O–H groups in total. The SMILES string of the molecule is CC(C)n1nc(C(=O)NC(c2ccccc2)c2ccccn2)c2ccccc2c1=O. The van der Waals surface area contributed by atoms with Crippen LogP contribution in [0.2, 0.25) is 0 Å². The Morgan fingerprint density at radius 1 is 0.900 bits per heavy atom. The maximum absolute atomic E-state index is 13.4. The van der Waals surface area contributed by atoms with Gasteiger partial charge in [0.15, 0.2) is 5.69 Å². The van der Waals surface area contributed by atoms with E-state index in [1.807, 2.05) is 62.4 Å². The fraction of sp³-hybridized carbons (Fsp3) is 0.167. The number of amides is 1. The minimum Gasteiger partial charge on any atom is -0.338 e. The van der Waals surface area contributed by atoms with Crippen LogP contribution in [-0.2, 0) is 0 Å². The average Bonchev–Trinajstić information content (AvgIpc) is 2.78. The minimum absolute atomic E-state index is 0.172. The Hall–Kier alpha value is -3.80. The summed E-state index contributed by atoms with van der Waals surface area (Å²) < 4.78 is 1.36. The van der Waals surface area contributed by atoms with Gasteiger partial charge in [-0.3, -0.25) is 14.6 Å². The van der Waals surface area contributed by atoms with Gasteiger partial charge in [-0.1, -0.05) is 54.6 Å². The molecule has 1 amide bonds. The van der Waals surface area contributed by atoms with Gasteiger partial charge in [-0.25, -0.2) is 4.68 Å². The number of carbonyl (C=O) groups excluding carboxylic acids is 1. The van der Waals surface area contributed by atoms with Gasteiger partial charge >= 0.3 is 0 Å². The fourth-order valence-corrected chi connectivity index (χ4v) is 3.44. The summed E-state index contributed by atoms with van der Waals surface area (Å²) in [6, 6.07) is 21.7. The quantitative estimate of drug-likeness (QED) is 0.553. The van der Waals surface area contributed by atoms with Gasteiger partial charge in [0, 0.05) is 11.6 Å². The lowest BCUT2D eigenvalue weighted by Gasteiger charge is -2.20. The number of pyridine rings is 1. The molecule has 0 saturated carbocycles. The van der Waals surface area contributed by atoms with E-state index in [-0.39, 0.29) is 23.2 Å². The van der Waals surface area contributed by atoms with Gasteiger partial charge in [0.05, 0.1) is 23.2 Å². The van der Waals surface area contributed by atoms with Crippen LogP contribution in [0.1, 0.15) is 47.7 Å². The van der Waals surface area contributed by atoms with Crippen molar-refractivity contribution in [2.75, 3.05) is 0 Å². The van der Waals surface area contributed by atoms with Crippen LogP contribution in [0.4, 0.5) is 0 Å². The van der Waals surface area contributed by atoms with Crippen molar-refractivity contribution in [3.8, 4) is 0 Å². The van der Waals surface area contributed by atoms with Gasteiger partial charge in [0.25, 0.3) is 11.5 Å². The summed E-state index contributed by atoms with van der Waals surface area (Å²) in [5.41, 5.74) is 1.64. The van der Waals surface area contributed by atoms with Crippen LogP contribution in [-0.4, -0.2) is 20.7 Å². The molecule has 0 aliphatic rings. The first-order chi connectivity index (χ1) is 14.6. The summed E-state index contributed by atoms with van der Waals surface area (Å²) >= 11 is 0. The molecule has 150 valence electrons. The summed E-state index contributed by atoms with van der Waals surface area (Å²) in [7, 11) is 0. The van der Waals surface area contributed by atoms with Crippen LogP contribution in [0.5, 0.6) is 0 Å². The maximum atomic E-state index is 13.4. The van der Waals surface area contributed by atoms with Gasteiger partial charge in [-0.2, -0.15) is 5.10 Å². The van der Waals surface area contributed by atoms with Crippen LogP contribution in [0.15, 0.2) is 83.8 Å². The number of carbonyl (C=O) groups is 1. The van der Waals surface area contributed by atoms with Crippen molar-refractivity contribution in [3.63, 3.8) is 0 Å². The monoisotopic (exact) mass is 398 g/mol. The van der Waals surface area contributed by atoms with Crippen molar-refractivity contribution >= 4 is 16.7 Å². The molecule has 0 aliphatic heterocycles. The molecule has 0 fully saturated rings. The average molecular weight is 398 g/mol. The zero-order valence-corrected chi connectivity index (χ0v) is 16.8. The van der Waals surface area contributed by atoms with E-state index in [0.717, 1.165) is 11.3 Å². The molecule has 0 bridgehead atoms. The summed E-state index contributed by atoms with van der Waals surface area (Å²) in [6.45, 7) is 3.73. The van der Waals surface area contributed by atoms with E-state index in [2.05, 4.69) is 15.4 Å². The van der Waals surface area contributed by atoms with E-state index in [0.29, 0.717) is 10.8 Å². The predicted octanol–water partition coefficient (Wildman–Crippen LogP) is 3.89. The van der Waals surface area contributed by atoms with Crippen molar-refractivity contribution in [1.29, 1.82) is 0 Å². The molecular formula is C24H22N4O2. The van der Waals surface area contributed by atoms with Crippen LogP contribution in [0, 0.1) is 0 Å².